The highest BCUT2D eigenvalue weighted by atomic mass is 35.5. The van der Waals surface area contributed by atoms with Crippen molar-refractivity contribution in [1.82, 2.24) is 5.32 Å². The van der Waals surface area contributed by atoms with Crippen LogP contribution < -0.4 is 5.32 Å². The summed E-state index contributed by atoms with van der Waals surface area (Å²) < 4.78 is 66.6. The predicted molar refractivity (Wildman–Crippen MR) is 111 cm³/mol. The lowest BCUT2D eigenvalue weighted by atomic mass is 9.72. The third-order valence-corrected chi connectivity index (χ3v) is 8.32. The van der Waals surface area contributed by atoms with Gasteiger partial charge in [0.25, 0.3) is 5.91 Å². The van der Waals surface area contributed by atoms with E-state index in [0.717, 1.165) is 31.4 Å². The van der Waals surface area contributed by atoms with Gasteiger partial charge >= 0.3 is 6.18 Å². The molecule has 0 aromatic heterocycles. The van der Waals surface area contributed by atoms with Crippen LogP contribution in [0, 0.1) is 11.8 Å². The van der Waals surface area contributed by atoms with Crippen LogP contribution in [0.5, 0.6) is 0 Å². The van der Waals surface area contributed by atoms with Crippen LogP contribution >= 0.6 is 11.6 Å². The minimum absolute atomic E-state index is 0.0301. The third kappa shape index (κ3) is 5.49. The van der Waals surface area contributed by atoms with Crippen molar-refractivity contribution in [3.05, 3.63) is 33.8 Å². The van der Waals surface area contributed by atoms with E-state index in [-0.39, 0.29) is 33.6 Å². The third-order valence-electron chi connectivity index (χ3n) is 6.02. The van der Waals surface area contributed by atoms with Crippen molar-refractivity contribution in [3.63, 3.8) is 0 Å². The Bertz CT molecular complexity index is 893. The Morgan fingerprint density at radius 2 is 1.90 bits per heavy atom. The largest absolute Gasteiger partial charge is 0.416 e. The maximum absolute atomic E-state index is 13.8. The van der Waals surface area contributed by atoms with Gasteiger partial charge in [-0.1, -0.05) is 24.9 Å². The van der Waals surface area contributed by atoms with Crippen LogP contribution in [-0.4, -0.2) is 32.4 Å². The fourth-order valence-electron chi connectivity index (χ4n) is 4.00. The number of hydrogen-bond donors (Lipinski definition) is 1. The molecule has 0 spiro atoms. The van der Waals surface area contributed by atoms with Crippen molar-refractivity contribution in [2.24, 2.45) is 11.8 Å². The van der Waals surface area contributed by atoms with E-state index in [1.807, 2.05) is 0 Å². The van der Waals surface area contributed by atoms with Crippen LogP contribution in [-0.2, 0) is 16.0 Å². The summed E-state index contributed by atoms with van der Waals surface area (Å²) in [6.07, 6.45) is -0.121. The molecule has 1 N–H and O–H groups in total. The molecule has 0 radical (unpaired) electrons. The number of halogens is 4. The number of carbonyl (C=O) groups is 1. The van der Waals surface area contributed by atoms with E-state index in [1.54, 1.807) is 6.92 Å². The first-order valence-corrected chi connectivity index (χ1v) is 12.6. The molecule has 168 valence electrons. The van der Waals surface area contributed by atoms with Crippen LogP contribution in [0.1, 0.15) is 72.9 Å². The lowest BCUT2D eigenvalue weighted by Gasteiger charge is -2.36. The Morgan fingerprint density at radius 1 is 1.23 bits per heavy atom. The molecule has 2 saturated carbocycles. The molecule has 4 nitrogen and oxygen atoms in total. The summed E-state index contributed by atoms with van der Waals surface area (Å²) in [6.45, 7) is 2.18. The first-order chi connectivity index (χ1) is 14.0. The highest BCUT2D eigenvalue weighted by molar-refractivity contribution is 7.91. The molecular weight excluding hydrogens is 439 g/mol. The topological polar surface area (TPSA) is 63.2 Å². The molecular formula is C21H27ClF3NO3S. The number of alkyl halides is 3. The van der Waals surface area contributed by atoms with Gasteiger partial charge in [-0.15, -0.1) is 0 Å². The second kappa shape index (κ2) is 9.07. The number of carbonyl (C=O) groups excluding carboxylic acids is 1. The van der Waals surface area contributed by atoms with Gasteiger partial charge in [-0.3, -0.25) is 4.79 Å². The van der Waals surface area contributed by atoms with E-state index in [2.05, 4.69) is 5.32 Å². The SMILES string of the molecule is CCCS(=O)(=O)CC(c1c(C(F)(F)F)ccc(C(=O)NCC2CC2)c1Cl)C1CCC1. The maximum Gasteiger partial charge on any atom is 0.416 e. The molecule has 0 aliphatic heterocycles. The molecule has 1 amide bonds. The first kappa shape index (κ1) is 23.4. The minimum Gasteiger partial charge on any atom is -0.352 e. The van der Waals surface area contributed by atoms with E-state index in [4.69, 9.17) is 11.6 Å². The van der Waals surface area contributed by atoms with E-state index < -0.39 is 33.4 Å². The second-order valence-corrected chi connectivity index (χ2v) is 11.1. The smallest absolute Gasteiger partial charge is 0.352 e. The standard InChI is InChI=1S/C21H27ClF3NO3S/c1-2-10-30(28,29)12-16(14-4-3-5-14)18-17(21(23,24)25)9-8-15(19(18)22)20(27)26-11-13-6-7-13/h8-9,13-14,16H,2-7,10-12H2,1H3,(H,26,27). The summed E-state index contributed by atoms with van der Waals surface area (Å²) in [5.41, 5.74) is -1.22. The Labute approximate surface area is 180 Å². The highest BCUT2D eigenvalue weighted by Crippen LogP contribution is 2.47. The zero-order valence-corrected chi connectivity index (χ0v) is 18.5. The minimum atomic E-state index is -4.70. The number of hydrogen-bond acceptors (Lipinski definition) is 3. The number of nitrogens with one attached hydrogen (secondary N) is 1. The Balaban J connectivity index is 2.04. The molecule has 0 bridgehead atoms. The molecule has 1 aromatic rings. The normalized spacial score (nSPS) is 18.7. The van der Waals surface area contributed by atoms with Gasteiger partial charge in [-0.05, 0) is 61.6 Å². The molecule has 1 atom stereocenters. The molecule has 2 fully saturated rings. The number of sulfone groups is 1. The summed E-state index contributed by atoms with van der Waals surface area (Å²) in [4.78, 5) is 12.6. The van der Waals surface area contributed by atoms with E-state index in [1.165, 1.54) is 0 Å². The summed E-state index contributed by atoms with van der Waals surface area (Å²) in [6, 6.07) is 1.96. The van der Waals surface area contributed by atoms with Crippen molar-refractivity contribution in [2.45, 2.75) is 57.5 Å². The Kier molecular flexibility index (Phi) is 7.07. The lowest BCUT2D eigenvalue weighted by Crippen LogP contribution is -2.31. The van der Waals surface area contributed by atoms with E-state index in [0.29, 0.717) is 31.7 Å². The molecule has 0 saturated heterocycles. The Morgan fingerprint density at radius 3 is 2.40 bits per heavy atom. The maximum atomic E-state index is 13.8. The average Bonchev–Trinajstić information content (AvgIpc) is 3.40. The summed E-state index contributed by atoms with van der Waals surface area (Å²) in [5, 5.41) is 2.45. The van der Waals surface area contributed by atoms with Gasteiger partial charge in [0, 0.05) is 18.2 Å². The fraction of sp³-hybridized carbons (Fsp3) is 0.667. The molecule has 9 heteroatoms. The van der Waals surface area contributed by atoms with Crippen molar-refractivity contribution in [1.29, 1.82) is 0 Å². The fourth-order valence-corrected chi connectivity index (χ4v) is 6.16. The van der Waals surface area contributed by atoms with Gasteiger partial charge in [0.15, 0.2) is 9.84 Å². The van der Waals surface area contributed by atoms with Crippen LogP contribution in [0.15, 0.2) is 12.1 Å². The summed E-state index contributed by atoms with van der Waals surface area (Å²) >= 11 is 6.42. The van der Waals surface area contributed by atoms with Gasteiger partial charge in [0.05, 0.1) is 21.9 Å². The molecule has 0 heterocycles. The van der Waals surface area contributed by atoms with E-state index >= 15 is 0 Å². The predicted octanol–water partition coefficient (Wildman–Crippen LogP) is 5.21. The van der Waals surface area contributed by atoms with E-state index in [9.17, 15) is 26.4 Å². The summed E-state index contributed by atoms with van der Waals surface area (Å²) in [5.74, 6) is -1.66. The number of benzene rings is 1. The van der Waals surface area contributed by atoms with Crippen LogP contribution in [0.2, 0.25) is 5.02 Å². The number of amides is 1. The molecule has 1 aromatic carbocycles. The average molecular weight is 466 g/mol. The molecule has 2 aliphatic carbocycles. The van der Waals surface area contributed by atoms with Crippen LogP contribution in [0.25, 0.3) is 0 Å². The van der Waals surface area contributed by atoms with Gasteiger partial charge in [-0.25, -0.2) is 8.42 Å². The molecule has 1 unspecified atom stereocenters. The van der Waals surface area contributed by atoms with Crippen molar-refractivity contribution in [3.8, 4) is 0 Å². The van der Waals surface area contributed by atoms with Crippen LogP contribution in [0.4, 0.5) is 13.2 Å². The molecule has 3 rings (SSSR count). The first-order valence-electron chi connectivity index (χ1n) is 10.4. The van der Waals surface area contributed by atoms with Crippen molar-refractivity contribution < 1.29 is 26.4 Å². The van der Waals surface area contributed by atoms with Crippen molar-refractivity contribution >= 4 is 27.3 Å². The molecule has 2 aliphatic rings. The highest BCUT2D eigenvalue weighted by Gasteiger charge is 2.42. The lowest BCUT2D eigenvalue weighted by molar-refractivity contribution is -0.138. The second-order valence-electron chi connectivity index (χ2n) is 8.45. The molecule has 30 heavy (non-hydrogen) atoms. The monoisotopic (exact) mass is 465 g/mol. The Hall–Kier alpha value is -1.28. The zero-order valence-electron chi connectivity index (χ0n) is 16.9. The quantitative estimate of drug-likeness (QED) is 0.544. The van der Waals surface area contributed by atoms with Gasteiger partial charge in [-0.2, -0.15) is 13.2 Å². The number of rotatable bonds is 9. The van der Waals surface area contributed by atoms with Crippen LogP contribution in [0.3, 0.4) is 0 Å². The van der Waals surface area contributed by atoms with Gasteiger partial charge < -0.3 is 5.32 Å². The van der Waals surface area contributed by atoms with Gasteiger partial charge in [0.1, 0.15) is 0 Å². The van der Waals surface area contributed by atoms with Gasteiger partial charge in [0.2, 0.25) is 0 Å². The van der Waals surface area contributed by atoms with Crippen molar-refractivity contribution in [2.75, 3.05) is 18.1 Å². The zero-order chi connectivity index (χ0) is 22.1. The summed E-state index contributed by atoms with van der Waals surface area (Å²) in [7, 11) is -3.55.